The number of allylic oxidation sites excluding steroid dienone is 2. The average Bonchev–Trinajstić information content (AvgIpc) is 4.02. The molecule has 6 N–H and O–H groups in total. The molecular weight excluding hydrogens is 957 g/mol. The van der Waals surface area contributed by atoms with Crippen LogP contribution in [0.4, 0.5) is 0 Å². The van der Waals surface area contributed by atoms with Gasteiger partial charge in [0.1, 0.15) is 39.3 Å². The lowest BCUT2D eigenvalue weighted by atomic mass is 9.84. The molecule has 3 aliphatic heterocycles. The van der Waals surface area contributed by atoms with Gasteiger partial charge in [0.25, 0.3) is 5.91 Å². The van der Waals surface area contributed by atoms with Crippen molar-refractivity contribution in [1.29, 1.82) is 0 Å². The van der Waals surface area contributed by atoms with Crippen molar-refractivity contribution in [2.75, 3.05) is 52.4 Å². The topological polar surface area (TPSA) is 297 Å². The molecule has 0 saturated carbocycles. The van der Waals surface area contributed by atoms with Gasteiger partial charge in [-0.1, -0.05) is 40.5 Å². The Hall–Kier alpha value is -7.42. The molecule has 3 aromatic rings. The number of aromatic nitrogens is 4. The summed E-state index contributed by atoms with van der Waals surface area (Å²) in [4.78, 5) is 124. The van der Waals surface area contributed by atoms with E-state index < -0.39 is 92.7 Å². The van der Waals surface area contributed by atoms with Crippen molar-refractivity contribution in [2.24, 2.45) is 0 Å². The number of rotatable bonds is 24. The van der Waals surface area contributed by atoms with Gasteiger partial charge in [0.2, 0.25) is 17.7 Å². The number of carboxylic acids is 4. The Bertz CT molecular complexity index is 2860. The van der Waals surface area contributed by atoms with Crippen LogP contribution in [-0.4, -0.2) is 160 Å². The van der Waals surface area contributed by atoms with Gasteiger partial charge in [-0.3, -0.25) is 43.3 Å². The van der Waals surface area contributed by atoms with Crippen molar-refractivity contribution in [3.63, 3.8) is 0 Å². The van der Waals surface area contributed by atoms with Crippen molar-refractivity contribution in [1.82, 2.24) is 39.5 Å². The minimum atomic E-state index is -1.55. The molecule has 0 aromatic carbocycles. The molecule has 3 atom stereocenters. The number of hydrogen-bond donors (Lipinski definition) is 6. The molecule has 0 spiro atoms. The molecule has 1 unspecified atom stereocenters. The monoisotopic (exact) mass is 1020 g/mol. The van der Waals surface area contributed by atoms with Gasteiger partial charge in [0.05, 0.1) is 34.3 Å². The van der Waals surface area contributed by atoms with Gasteiger partial charge in [-0.2, -0.15) is 0 Å². The Kier molecular flexibility index (Phi) is 18.2. The van der Waals surface area contributed by atoms with E-state index in [1.807, 2.05) is 52.8 Å². The Labute approximate surface area is 428 Å². The highest BCUT2D eigenvalue weighted by atomic mass is 16.5. The minimum absolute atomic E-state index is 0.0484. The summed E-state index contributed by atoms with van der Waals surface area (Å²) in [6, 6.07) is 6.00. The zero-order chi connectivity index (χ0) is 54.3. The maximum absolute atomic E-state index is 14.6. The van der Waals surface area contributed by atoms with E-state index in [1.54, 1.807) is 4.90 Å². The lowest BCUT2D eigenvalue weighted by molar-refractivity contribution is -0.153. The normalized spacial score (nSPS) is 15.5. The summed E-state index contributed by atoms with van der Waals surface area (Å²) < 4.78 is 6.41. The number of amides is 4. The number of hydrogen-bond acceptors (Lipinski definition) is 11. The van der Waals surface area contributed by atoms with E-state index >= 15 is 0 Å². The van der Waals surface area contributed by atoms with Gasteiger partial charge in [0.15, 0.2) is 0 Å². The van der Waals surface area contributed by atoms with Crippen molar-refractivity contribution in [3.05, 3.63) is 68.8 Å². The summed E-state index contributed by atoms with van der Waals surface area (Å²) in [5.74, 6) is -10.4. The van der Waals surface area contributed by atoms with Gasteiger partial charge >= 0.3 is 23.9 Å². The molecule has 6 rings (SSSR count). The zero-order valence-electron chi connectivity index (χ0n) is 43.4. The molecule has 3 aliphatic rings. The van der Waals surface area contributed by atoms with Crippen LogP contribution >= 0.6 is 0 Å². The number of aromatic amines is 2. The molecule has 21 nitrogen and oxygen atoms in total. The Morgan fingerprint density at radius 1 is 0.730 bits per heavy atom. The molecule has 6 heterocycles. The minimum Gasteiger partial charge on any atom is -0.480 e. The molecule has 3 aromatic heterocycles. The summed E-state index contributed by atoms with van der Waals surface area (Å²) in [5, 5.41) is 38.0. The van der Waals surface area contributed by atoms with Crippen LogP contribution in [0.25, 0.3) is 33.2 Å². The maximum Gasteiger partial charge on any atom is 0.323 e. The fourth-order valence-corrected chi connectivity index (χ4v) is 10.1. The lowest BCUT2D eigenvalue weighted by Gasteiger charge is -2.29. The SMILES string of the molecule is CCCCOC(C)c1c(C)c2cc3nc(c4c5[nH]c(cc6nc(cc1[nH]2)C(C)=C6CC)c(C)c5C(=O)N(CCCC)C4)[C@@H](CCC(=O)N(CC(=O)N(CC(=O)O)CC(=O)O)CC(=O)N(CC(=O)O)CC(=O)O)[C@@H]3C. The standard InChI is InChI=1S/C53H68N8O13/c1-9-12-16-58-21-35-51-34(14-15-42(62)59(22-43(63)60(24-45(65)66)25-46(67)68)23-44(64)61(26-47(69)70)27-48(71)72)29(5)37(56-51)18-38-30(6)49(32(8)74-17-13-10-2)41(55-38)20-36-28(4)33(11-3)40(54-36)19-39-31(7)50(53(58)73)52(35)57-39/h18-20,29,32,34,55,57H,9-17,21-27H2,1-8H3,(H,65,66)(H,67,68)(H,69,70)(H,71,72)/t29-,32?,34-/m0/s1. The van der Waals surface area contributed by atoms with Crippen molar-refractivity contribution < 1.29 is 63.5 Å². The number of aryl methyl sites for hydroxylation is 2. The molecule has 8 bridgehead atoms. The number of ether oxygens (including phenoxy) is 1. The van der Waals surface area contributed by atoms with E-state index in [0.717, 1.165) is 86.4 Å². The van der Waals surface area contributed by atoms with Crippen LogP contribution in [-0.2, 0) is 44.8 Å². The highest BCUT2D eigenvalue weighted by Gasteiger charge is 2.38. The summed E-state index contributed by atoms with van der Waals surface area (Å²) in [7, 11) is 0. The summed E-state index contributed by atoms with van der Waals surface area (Å²) in [6.07, 6.45) is 3.50. The number of unbranched alkanes of at least 4 members (excludes halogenated alkanes) is 2. The molecular formula is C53H68N8O13. The third-order valence-electron chi connectivity index (χ3n) is 14.1. The van der Waals surface area contributed by atoms with Gasteiger partial charge in [0, 0.05) is 71.3 Å². The van der Waals surface area contributed by atoms with Crippen molar-refractivity contribution >= 4 is 80.7 Å². The number of carbonyl (C=O) groups excluding carboxylic acids is 4. The number of nitrogens with one attached hydrogen (secondary N) is 2. The van der Waals surface area contributed by atoms with E-state index in [9.17, 15) is 58.8 Å². The number of carboxylic acid groups (broad SMARTS) is 4. The van der Waals surface area contributed by atoms with Gasteiger partial charge in [-0.15, -0.1) is 0 Å². The fraction of sp³-hybridized carbons (Fsp3) is 0.509. The first-order valence-corrected chi connectivity index (χ1v) is 25.2. The van der Waals surface area contributed by atoms with Crippen LogP contribution in [0.3, 0.4) is 0 Å². The predicted molar refractivity (Wildman–Crippen MR) is 273 cm³/mol. The van der Waals surface area contributed by atoms with Crippen LogP contribution in [0.5, 0.6) is 0 Å². The van der Waals surface area contributed by atoms with Gasteiger partial charge < -0.3 is 54.7 Å². The molecule has 398 valence electrons. The molecule has 74 heavy (non-hydrogen) atoms. The van der Waals surface area contributed by atoms with E-state index in [4.69, 9.17) is 14.7 Å². The van der Waals surface area contributed by atoms with Crippen LogP contribution < -0.4 is 0 Å². The van der Waals surface area contributed by atoms with Crippen LogP contribution in [0.2, 0.25) is 0 Å². The number of fused-ring (bicyclic) bond motifs is 8. The highest BCUT2D eigenvalue weighted by molar-refractivity contribution is 6.07. The van der Waals surface area contributed by atoms with E-state index in [-0.39, 0.29) is 31.4 Å². The third kappa shape index (κ3) is 12.5. The second-order valence-electron chi connectivity index (χ2n) is 19.3. The zero-order valence-corrected chi connectivity index (χ0v) is 43.4. The predicted octanol–water partition coefficient (Wildman–Crippen LogP) is 6.40. The summed E-state index contributed by atoms with van der Waals surface area (Å²) in [5.41, 5.74) is 11.6. The lowest BCUT2D eigenvalue weighted by Crippen LogP contribution is -2.50. The summed E-state index contributed by atoms with van der Waals surface area (Å²) >= 11 is 0. The molecule has 21 heteroatoms. The van der Waals surface area contributed by atoms with E-state index in [0.29, 0.717) is 57.4 Å². The number of aliphatic carboxylic acids is 4. The quantitative estimate of drug-likeness (QED) is 0.0529. The molecule has 0 fully saturated rings. The molecule has 0 aliphatic carbocycles. The van der Waals surface area contributed by atoms with Crippen LogP contribution in [0.1, 0.15) is 160 Å². The maximum atomic E-state index is 14.6. The number of carbonyl (C=O) groups is 8. The highest BCUT2D eigenvalue weighted by Crippen LogP contribution is 2.45. The number of H-pyrrole nitrogens is 2. The van der Waals surface area contributed by atoms with Crippen LogP contribution in [0, 0.1) is 13.8 Å². The Morgan fingerprint density at radius 2 is 1.28 bits per heavy atom. The van der Waals surface area contributed by atoms with Gasteiger partial charge in [-0.05, 0) is 93.9 Å². The first-order chi connectivity index (χ1) is 35.1. The van der Waals surface area contributed by atoms with Crippen molar-refractivity contribution in [2.45, 2.75) is 125 Å². The molecule has 4 amide bonds. The molecule has 0 saturated heterocycles. The number of nitrogens with zero attached hydrogens (tertiary/aromatic N) is 6. The summed E-state index contributed by atoms with van der Waals surface area (Å²) in [6.45, 7) is 11.2. The first-order valence-electron chi connectivity index (χ1n) is 25.2. The van der Waals surface area contributed by atoms with E-state index in [1.165, 1.54) is 0 Å². The van der Waals surface area contributed by atoms with Crippen molar-refractivity contribution in [3.8, 4) is 0 Å². The third-order valence-corrected chi connectivity index (χ3v) is 14.1. The smallest absolute Gasteiger partial charge is 0.323 e. The largest absolute Gasteiger partial charge is 0.480 e. The first kappa shape index (κ1) is 55.9. The van der Waals surface area contributed by atoms with Gasteiger partial charge in [-0.25, -0.2) is 4.98 Å². The average molecular weight is 1030 g/mol. The van der Waals surface area contributed by atoms with E-state index in [2.05, 4.69) is 30.7 Å². The Morgan fingerprint density at radius 3 is 1.84 bits per heavy atom. The second kappa shape index (κ2) is 24.1. The molecule has 0 radical (unpaired) electrons. The fourth-order valence-electron chi connectivity index (χ4n) is 10.1. The van der Waals surface area contributed by atoms with Crippen LogP contribution in [0.15, 0.2) is 18.2 Å². The Balaban J connectivity index is 1.56. The second-order valence-corrected chi connectivity index (χ2v) is 19.3.